The number of carbonyl (C=O) groups is 1. The van der Waals surface area contributed by atoms with Crippen LogP contribution in [0.3, 0.4) is 0 Å². The zero-order valence-corrected chi connectivity index (χ0v) is 15.4. The van der Waals surface area contributed by atoms with Gasteiger partial charge in [-0.1, -0.05) is 17.3 Å². The van der Waals surface area contributed by atoms with E-state index < -0.39 is 5.82 Å². The second kappa shape index (κ2) is 7.22. The van der Waals surface area contributed by atoms with E-state index in [-0.39, 0.29) is 11.6 Å². The number of aromatic nitrogens is 4. The fraction of sp³-hybridized carbons (Fsp3) is 0.200. The Bertz CT molecular complexity index is 1160. The van der Waals surface area contributed by atoms with Crippen LogP contribution in [0, 0.1) is 19.7 Å². The molecule has 0 saturated carbocycles. The van der Waals surface area contributed by atoms with Crippen molar-refractivity contribution in [1.82, 2.24) is 25.2 Å². The number of nitrogens with zero attached hydrogens (tertiary/aromatic N) is 4. The molecule has 3 aromatic heterocycles. The molecule has 0 aliphatic rings. The standard InChI is InChI=1S/C20H18FN5O2/c1-12-7-8-23-26(12)10-9-22-19(27)15-11-17(14-5-3-4-6-16(14)21)24-20-18(15)13(2)25-28-20/h3-8,11H,9-10H2,1-2H3,(H,22,27). The number of rotatable bonds is 5. The van der Waals surface area contributed by atoms with Crippen molar-refractivity contribution in [3.05, 3.63) is 65.4 Å². The highest BCUT2D eigenvalue weighted by Gasteiger charge is 2.20. The highest BCUT2D eigenvalue weighted by Crippen LogP contribution is 2.28. The minimum atomic E-state index is -0.425. The number of carbonyl (C=O) groups excluding carboxylic acids is 1. The first kappa shape index (κ1) is 17.8. The Labute approximate surface area is 160 Å². The van der Waals surface area contributed by atoms with E-state index in [1.807, 2.05) is 13.0 Å². The van der Waals surface area contributed by atoms with Gasteiger partial charge in [0.1, 0.15) is 5.82 Å². The summed E-state index contributed by atoms with van der Waals surface area (Å²) in [6.45, 7) is 4.62. The molecule has 1 amide bonds. The largest absolute Gasteiger partial charge is 0.350 e. The lowest BCUT2D eigenvalue weighted by Crippen LogP contribution is -2.28. The Hall–Kier alpha value is -3.55. The third kappa shape index (κ3) is 3.24. The summed E-state index contributed by atoms with van der Waals surface area (Å²) >= 11 is 0. The van der Waals surface area contributed by atoms with E-state index in [4.69, 9.17) is 4.52 Å². The van der Waals surface area contributed by atoms with Crippen molar-refractivity contribution in [2.24, 2.45) is 0 Å². The zero-order chi connectivity index (χ0) is 19.7. The molecule has 1 aromatic carbocycles. The summed E-state index contributed by atoms with van der Waals surface area (Å²) in [5, 5.41) is 11.5. The van der Waals surface area contributed by atoms with Crippen LogP contribution in [-0.4, -0.2) is 32.4 Å². The van der Waals surface area contributed by atoms with E-state index in [1.54, 1.807) is 42.1 Å². The van der Waals surface area contributed by atoms with Gasteiger partial charge in [0.15, 0.2) is 0 Å². The highest BCUT2D eigenvalue weighted by molar-refractivity contribution is 6.07. The monoisotopic (exact) mass is 379 g/mol. The summed E-state index contributed by atoms with van der Waals surface area (Å²) < 4.78 is 21.3. The van der Waals surface area contributed by atoms with Crippen LogP contribution >= 0.6 is 0 Å². The van der Waals surface area contributed by atoms with Gasteiger partial charge in [0.25, 0.3) is 11.6 Å². The maximum Gasteiger partial charge on any atom is 0.259 e. The smallest absolute Gasteiger partial charge is 0.259 e. The van der Waals surface area contributed by atoms with E-state index in [0.717, 1.165) is 5.69 Å². The van der Waals surface area contributed by atoms with Gasteiger partial charge >= 0.3 is 0 Å². The Balaban J connectivity index is 1.66. The highest BCUT2D eigenvalue weighted by atomic mass is 19.1. The van der Waals surface area contributed by atoms with Gasteiger partial charge in [0.05, 0.1) is 28.9 Å². The summed E-state index contributed by atoms with van der Waals surface area (Å²) in [6, 6.07) is 9.73. The van der Waals surface area contributed by atoms with Gasteiger partial charge in [-0.05, 0) is 38.1 Å². The van der Waals surface area contributed by atoms with Crippen molar-refractivity contribution >= 4 is 17.0 Å². The molecule has 7 nitrogen and oxygen atoms in total. The molecule has 3 heterocycles. The minimum Gasteiger partial charge on any atom is -0.350 e. The van der Waals surface area contributed by atoms with Gasteiger partial charge in [-0.15, -0.1) is 0 Å². The summed E-state index contributed by atoms with van der Waals surface area (Å²) in [5.74, 6) is -0.729. The van der Waals surface area contributed by atoms with Gasteiger partial charge in [-0.2, -0.15) is 5.10 Å². The molecule has 28 heavy (non-hydrogen) atoms. The molecular formula is C20H18FN5O2. The Morgan fingerprint density at radius 1 is 1.25 bits per heavy atom. The Morgan fingerprint density at radius 3 is 2.82 bits per heavy atom. The van der Waals surface area contributed by atoms with Crippen molar-refractivity contribution in [3.8, 4) is 11.3 Å². The number of nitrogens with one attached hydrogen (secondary N) is 1. The molecule has 4 aromatic rings. The molecule has 0 radical (unpaired) electrons. The van der Waals surface area contributed by atoms with Crippen LogP contribution < -0.4 is 5.32 Å². The first-order valence-corrected chi connectivity index (χ1v) is 8.83. The summed E-state index contributed by atoms with van der Waals surface area (Å²) in [4.78, 5) is 17.2. The molecule has 0 fully saturated rings. The Kier molecular flexibility index (Phi) is 4.60. The average molecular weight is 379 g/mol. The molecule has 0 aliphatic heterocycles. The number of pyridine rings is 1. The molecule has 142 valence electrons. The lowest BCUT2D eigenvalue weighted by molar-refractivity contribution is 0.0953. The lowest BCUT2D eigenvalue weighted by atomic mass is 10.0. The lowest BCUT2D eigenvalue weighted by Gasteiger charge is -2.09. The number of amides is 1. The molecule has 0 bridgehead atoms. The van der Waals surface area contributed by atoms with Crippen molar-refractivity contribution in [2.45, 2.75) is 20.4 Å². The normalized spacial score (nSPS) is 11.1. The van der Waals surface area contributed by atoms with E-state index in [9.17, 15) is 9.18 Å². The fourth-order valence-electron chi connectivity index (χ4n) is 3.08. The third-order valence-corrected chi connectivity index (χ3v) is 4.55. The molecular weight excluding hydrogens is 361 g/mol. The molecule has 8 heteroatoms. The average Bonchev–Trinajstić information content (AvgIpc) is 3.27. The van der Waals surface area contributed by atoms with Gasteiger partial charge in [0.2, 0.25) is 0 Å². The number of hydrogen-bond donors (Lipinski definition) is 1. The van der Waals surface area contributed by atoms with Crippen LogP contribution in [0.5, 0.6) is 0 Å². The van der Waals surface area contributed by atoms with Crippen molar-refractivity contribution < 1.29 is 13.7 Å². The number of benzene rings is 1. The van der Waals surface area contributed by atoms with Gasteiger partial charge < -0.3 is 9.84 Å². The first-order valence-electron chi connectivity index (χ1n) is 8.83. The van der Waals surface area contributed by atoms with Crippen LogP contribution in [0.1, 0.15) is 21.7 Å². The molecule has 0 atom stereocenters. The molecule has 0 spiro atoms. The number of hydrogen-bond acceptors (Lipinski definition) is 5. The third-order valence-electron chi connectivity index (χ3n) is 4.55. The van der Waals surface area contributed by atoms with Crippen LogP contribution in [0.15, 0.2) is 47.1 Å². The maximum atomic E-state index is 14.2. The second-order valence-corrected chi connectivity index (χ2v) is 6.43. The van der Waals surface area contributed by atoms with E-state index in [1.165, 1.54) is 6.07 Å². The van der Waals surface area contributed by atoms with E-state index in [0.29, 0.717) is 41.0 Å². The predicted octanol–water partition coefficient (Wildman–Crippen LogP) is 3.27. The van der Waals surface area contributed by atoms with Crippen LogP contribution in [0.2, 0.25) is 0 Å². The van der Waals surface area contributed by atoms with Crippen molar-refractivity contribution in [3.63, 3.8) is 0 Å². The Morgan fingerprint density at radius 2 is 2.07 bits per heavy atom. The summed E-state index contributed by atoms with van der Waals surface area (Å²) in [5.41, 5.74) is 2.72. The zero-order valence-electron chi connectivity index (χ0n) is 15.4. The minimum absolute atomic E-state index is 0.200. The molecule has 0 unspecified atom stereocenters. The van der Waals surface area contributed by atoms with Crippen molar-refractivity contribution in [2.75, 3.05) is 6.54 Å². The van der Waals surface area contributed by atoms with Crippen LogP contribution in [0.25, 0.3) is 22.4 Å². The predicted molar refractivity (Wildman–Crippen MR) is 101 cm³/mol. The summed E-state index contributed by atoms with van der Waals surface area (Å²) in [6.07, 6.45) is 1.71. The summed E-state index contributed by atoms with van der Waals surface area (Å²) in [7, 11) is 0. The van der Waals surface area contributed by atoms with E-state index in [2.05, 4.69) is 20.6 Å². The van der Waals surface area contributed by atoms with Crippen LogP contribution in [0.4, 0.5) is 4.39 Å². The molecule has 4 rings (SSSR count). The molecule has 1 N–H and O–H groups in total. The number of aryl methyl sites for hydroxylation is 2. The van der Waals surface area contributed by atoms with Crippen molar-refractivity contribution in [1.29, 1.82) is 0 Å². The first-order chi connectivity index (χ1) is 13.5. The van der Waals surface area contributed by atoms with E-state index >= 15 is 0 Å². The maximum absolute atomic E-state index is 14.2. The quantitative estimate of drug-likeness (QED) is 0.575. The topological polar surface area (TPSA) is 85.8 Å². The SMILES string of the molecule is Cc1noc2nc(-c3ccccc3F)cc(C(=O)NCCn3nccc3C)c12. The second-order valence-electron chi connectivity index (χ2n) is 6.43. The molecule has 0 saturated heterocycles. The molecule has 0 aliphatic carbocycles. The van der Waals surface area contributed by atoms with Crippen LogP contribution in [-0.2, 0) is 6.54 Å². The van der Waals surface area contributed by atoms with Gasteiger partial charge in [-0.3, -0.25) is 9.48 Å². The van der Waals surface area contributed by atoms with Gasteiger partial charge in [0, 0.05) is 24.0 Å². The van der Waals surface area contributed by atoms with Gasteiger partial charge in [-0.25, -0.2) is 9.37 Å². The fourth-order valence-corrected chi connectivity index (χ4v) is 3.08. The number of halogens is 1. The number of fused-ring (bicyclic) bond motifs is 1.